The number of carbonyl (C=O) groups is 1. The fourth-order valence-corrected chi connectivity index (χ4v) is 4.17. The van der Waals surface area contributed by atoms with Gasteiger partial charge in [0.05, 0.1) is 43.3 Å². The molecule has 0 radical (unpaired) electrons. The Bertz CT molecular complexity index is 1320. The number of amides is 1. The van der Waals surface area contributed by atoms with E-state index >= 15 is 0 Å². The van der Waals surface area contributed by atoms with Crippen molar-refractivity contribution in [3.8, 4) is 16.9 Å². The minimum Gasteiger partial charge on any atom is -0.493 e. The topological polar surface area (TPSA) is 112 Å². The molecule has 3 N–H and O–H groups in total. The quantitative estimate of drug-likeness (QED) is 0.352. The zero-order valence-electron chi connectivity index (χ0n) is 18.8. The molecular weight excluding hydrogens is 456 g/mol. The fraction of sp³-hybridized carbons (Fsp3) is 0.240. The van der Waals surface area contributed by atoms with E-state index in [-0.39, 0.29) is 19.1 Å². The van der Waals surface area contributed by atoms with E-state index in [1.165, 1.54) is 4.90 Å². The first-order valence-corrected chi connectivity index (χ1v) is 11.2. The number of ether oxygens (including phenoxy) is 1. The van der Waals surface area contributed by atoms with E-state index in [0.29, 0.717) is 45.1 Å². The Hall–Kier alpha value is -3.46. The predicted molar refractivity (Wildman–Crippen MR) is 130 cm³/mol. The van der Waals surface area contributed by atoms with Crippen LogP contribution in [-0.2, 0) is 6.61 Å². The highest BCUT2D eigenvalue weighted by Gasteiger charge is 2.26. The summed E-state index contributed by atoms with van der Waals surface area (Å²) in [6.45, 7) is 1.74. The van der Waals surface area contributed by atoms with Crippen molar-refractivity contribution < 1.29 is 19.7 Å². The Labute approximate surface area is 201 Å². The number of fused-ring (bicyclic) bond motifs is 1. The molecule has 0 saturated carbocycles. The first-order valence-electron chi connectivity index (χ1n) is 10.8. The number of nitrogens with zero attached hydrogens (tertiary/aromatic N) is 3. The van der Waals surface area contributed by atoms with Gasteiger partial charge in [0.15, 0.2) is 0 Å². The van der Waals surface area contributed by atoms with Crippen LogP contribution in [0.2, 0.25) is 5.02 Å². The number of carbonyl (C=O) groups excluding carboxylic acids is 1. The molecule has 0 fully saturated rings. The van der Waals surface area contributed by atoms with E-state index in [9.17, 15) is 15.0 Å². The van der Waals surface area contributed by atoms with Gasteiger partial charge < -0.3 is 19.8 Å². The summed E-state index contributed by atoms with van der Waals surface area (Å²) in [5.41, 5.74) is 3.80. The van der Waals surface area contributed by atoms with Gasteiger partial charge in [0.1, 0.15) is 5.75 Å². The summed E-state index contributed by atoms with van der Waals surface area (Å²) >= 11 is 6.16. The first kappa shape index (κ1) is 23.7. The highest BCUT2D eigenvalue weighted by Crippen LogP contribution is 2.34. The Morgan fingerprint density at radius 1 is 1.21 bits per heavy atom. The maximum Gasteiger partial charge on any atom is 0.254 e. The summed E-state index contributed by atoms with van der Waals surface area (Å²) in [6, 6.07) is 12.0. The number of halogens is 1. The van der Waals surface area contributed by atoms with Crippen molar-refractivity contribution in [2.24, 2.45) is 0 Å². The molecule has 4 rings (SSSR count). The van der Waals surface area contributed by atoms with E-state index in [1.54, 1.807) is 37.6 Å². The number of benzene rings is 2. The summed E-state index contributed by atoms with van der Waals surface area (Å²) < 4.78 is 5.84. The van der Waals surface area contributed by atoms with Gasteiger partial charge in [0.25, 0.3) is 5.91 Å². The second-order valence-corrected chi connectivity index (χ2v) is 8.18. The third-order valence-corrected chi connectivity index (χ3v) is 5.97. The maximum atomic E-state index is 13.4. The number of H-pyrrole nitrogens is 1. The van der Waals surface area contributed by atoms with E-state index in [1.807, 2.05) is 31.2 Å². The Morgan fingerprint density at radius 2 is 2.03 bits per heavy atom. The summed E-state index contributed by atoms with van der Waals surface area (Å²) in [5, 5.41) is 27.9. The van der Waals surface area contributed by atoms with E-state index < -0.39 is 6.04 Å². The van der Waals surface area contributed by atoms with Crippen LogP contribution in [0, 0.1) is 0 Å². The van der Waals surface area contributed by atoms with E-state index in [0.717, 1.165) is 11.1 Å². The highest BCUT2D eigenvalue weighted by atomic mass is 35.5. The number of rotatable bonds is 8. The van der Waals surface area contributed by atoms with Crippen molar-refractivity contribution in [1.29, 1.82) is 0 Å². The molecule has 4 aromatic rings. The van der Waals surface area contributed by atoms with Crippen molar-refractivity contribution in [2.45, 2.75) is 19.6 Å². The lowest BCUT2D eigenvalue weighted by Crippen LogP contribution is -2.33. The normalized spacial score (nSPS) is 12.0. The Balaban J connectivity index is 1.69. The molecule has 0 spiro atoms. The number of aromatic amines is 1. The number of nitrogens with one attached hydrogen (secondary N) is 1. The van der Waals surface area contributed by atoms with Crippen LogP contribution in [0.1, 0.15) is 34.6 Å². The van der Waals surface area contributed by atoms with Crippen molar-refractivity contribution >= 4 is 28.4 Å². The number of aliphatic hydroxyl groups excluding tert-OH is 2. The number of hydrogen-bond donors (Lipinski definition) is 3. The largest absolute Gasteiger partial charge is 0.493 e. The molecule has 1 atom stereocenters. The smallest absolute Gasteiger partial charge is 0.254 e. The molecule has 1 amide bonds. The SMILES string of the molecule is CCOc1cc(C(=O)N(C)[C@H](CO)c2cnc(CO)c3cn[nH]c23)ccc1-c1cccc(Cl)c1. The fourth-order valence-electron chi connectivity index (χ4n) is 3.98. The Morgan fingerprint density at radius 3 is 2.74 bits per heavy atom. The van der Waals surface area contributed by atoms with E-state index in [2.05, 4.69) is 15.2 Å². The van der Waals surface area contributed by atoms with Gasteiger partial charge in [-0.05, 0) is 42.8 Å². The number of hydrogen-bond acceptors (Lipinski definition) is 6. The molecule has 0 aliphatic carbocycles. The monoisotopic (exact) mass is 480 g/mol. The van der Waals surface area contributed by atoms with Crippen LogP contribution in [0.5, 0.6) is 5.75 Å². The van der Waals surface area contributed by atoms with Crippen molar-refractivity contribution in [1.82, 2.24) is 20.1 Å². The molecular formula is C25H25ClN4O4. The van der Waals surface area contributed by atoms with Crippen LogP contribution < -0.4 is 4.74 Å². The molecule has 0 saturated heterocycles. The van der Waals surface area contributed by atoms with Gasteiger partial charge in [0.2, 0.25) is 0 Å². The molecule has 2 aromatic carbocycles. The summed E-state index contributed by atoms with van der Waals surface area (Å²) in [6.07, 6.45) is 3.11. The molecule has 0 aliphatic rings. The van der Waals surface area contributed by atoms with Gasteiger partial charge in [-0.15, -0.1) is 0 Å². The minimum absolute atomic E-state index is 0.242. The molecule has 0 bridgehead atoms. The molecule has 0 aliphatic heterocycles. The third kappa shape index (κ3) is 4.48. The lowest BCUT2D eigenvalue weighted by Gasteiger charge is -2.27. The summed E-state index contributed by atoms with van der Waals surface area (Å²) in [7, 11) is 1.62. The van der Waals surface area contributed by atoms with Gasteiger partial charge in [0, 0.05) is 40.3 Å². The van der Waals surface area contributed by atoms with Crippen LogP contribution in [0.3, 0.4) is 0 Å². The molecule has 0 unspecified atom stereocenters. The average molecular weight is 481 g/mol. The molecule has 2 aromatic heterocycles. The molecule has 2 heterocycles. The maximum absolute atomic E-state index is 13.4. The highest BCUT2D eigenvalue weighted by molar-refractivity contribution is 6.30. The van der Waals surface area contributed by atoms with Gasteiger partial charge in [-0.1, -0.05) is 23.7 Å². The number of likely N-dealkylation sites (N-methyl/N-ethyl adjacent to an activating group) is 1. The number of pyridine rings is 1. The first-order chi connectivity index (χ1) is 16.5. The van der Waals surface area contributed by atoms with Crippen LogP contribution in [0.4, 0.5) is 0 Å². The minimum atomic E-state index is -0.682. The second-order valence-electron chi connectivity index (χ2n) is 7.75. The average Bonchev–Trinajstić information content (AvgIpc) is 3.34. The zero-order valence-corrected chi connectivity index (χ0v) is 19.6. The summed E-state index contributed by atoms with van der Waals surface area (Å²) in [4.78, 5) is 19.2. The van der Waals surface area contributed by atoms with E-state index in [4.69, 9.17) is 16.3 Å². The van der Waals surface area contributed by atoms with Gasteiger partial charge >= 0.3 is 0 Å². The van der Waals surface area contributed by atoms with Crippen molar-refractivity contribution in [3.05, 3.63) is 76.7 Å². The van der Waals surface area contributed by atoms with Crippen molar-refractivity contribution in [2.75, 3.05) is 20.3 Å². The van der Waals surface area contributed by atoms with Crippen LogP contribution in [0.25, 0.3) is 22.0 Å². The predicted octanol–water partition coefficient (Wildman–Crippen LogP) is 3.97. The standard InChI is InChI=1S/C25H25ClN4O4/c1-3-34-23-10-16(7-8-18(23)15-5-4-6-17(26)9-15)25(33)30(2)22(14-32)20-11-27-21(13-31)19-12-28-29-24(19)20/h4-12,22,31-32H,3,13-14H2,1-2H3,(H,28,29)/t22-/m1/s1. The summed E-state index contributed by atoms with van der Waals surface area (Å²) in [5.74, 6) is 0.269. The Kier molecular flexibility index (Phi) is 7.12. The van der Waals surface area contributed by atoms with Gasteiger partial charge in [-0.2, -0.15) is 5.10 Å². The molecule has 176 valence electrons. The lowest BCUT2D eigenvalue weighted by molar-refractivity contribution is 0.0659. The van der Waals surface area contributed by atoms with Gasteiger partial charge in [-0.3, -0.25) is 14.9 Å². The second kappa shape index (κ2) is 10.2. The number of aromatic nitrogens is 3. The zero-order chi connectivity index (χ0) is 24.2. The number of aliphatic hydroxyl groups is 2. The molecule has 8 nitrogen and oxygen atoms in total. The van der Waals surface area contributed by atoms with Crippen molar-refractivity contribution in [3.63, 3.8) is 0 Å². The van der Waals surface area contributed by atoms with Crippen LogP contribution in [0.15, 0.2) is 54.9 Å². The van der Waals surface area contributed by atoms with Gasteiger partial charge in [-0.25, -0.2) is 0 Å². The third-order valence-electron chi connectivity index (χ3n) is 5.73. The lowest BCUT2D eigenvalue weighted by atomic mass is 10.0. The van der Waals surface area contributed by atoms with Crippen LogP contribution in [-0.4, -0.2) is 56.5 Å². The molecule has 9 heteroatoms. The molecule has 34 heavy (non-hydrogen) atoms. The van der Waals surface area contributed by atoms with Crippen LogP contribution >= 0.6 is 11.6 Å².